The van der Waals surface area contributed by atoms with Crippen molar-refractivity contribution >= 4 is 11.9 Å². The molecule has 0 atom stereocenters. The standard InChI is InChI=1S/C21H38N4O2/c1-6-8-13-25(14-9-7-2)15-12-22-16-18-10-11-19(23-17-18)24-20(26)27-21(3,4)5/h10-11,17,22H,6-9,12-16H2,1-5H3,(H,23,24,26). The van der Waals surface area contributed by atoms with Crippen molar-refractivity contribution in [3.05, 3.63) is 23.9 Å². The summed E-state index contributed by atoms with van der Waals surface area (Å²) < 4.78 is 5.22. The minimum Gasteiger partial charge on any atom is -0.444 e. The third-order valence-corrected chi connectivity index (χ3v) is 4.04. The van der Waals surface area contributed by atoms with Crippen LogP contribution in [0.2, 0.25) is 0 Å². The summed E-state index contributed by atoms with van der Waals surface area (Å²) in [6, 6.07) is 3.77. The van der Waals surface area contributed by atoms with Crippen LogP contribution >= 0.6 is 0 Å². The van der Waals surface area contributed by atoms with Gasteiger partial charge in [0.1, 0.15) is 11.4 Å². The third kappa shape index (κ3) is 11.6. The highest BCUT2D eigenvalue weighted by atomic mass is 16.6. The summed E-state index contributed by atoms with van der Waals surface area (Å²) in [5, 5.41) is 6.13. The monoisotopic (exact) mass is 378 g/mol. The largest absolute Gasteiger partial charge is 0.444 e. The lowest BCUT2D eigenvalue weighted by Crippen LogP contribution is -2.33. The fourth-order valence-corrected chi connectivity index (χ4v) is 2.58. The van der Waals surface area contributed by atoms with E-state index in [1.807, 2.05) is 26.8 Å². The number of hydrogen-bond acceptors (Lipinski definition) is 5. The van der Waals surface area contributed by atoms with Gasteiger partial charge in [0.2, 0.25) is 0 Å². The fraction of sp³-hybridized carbons (Fsp3) is 0.714. The van der Waals surface area contributed by atoms with Crippen molar-refractivity contribution in [1.29, 1.82) is 0 Å². The van der Waals surface area contributed by atoms with Crippen molar-refractivity contribution in [2.75, 3.05) is 31.5 Å². The highest BCUT2D eigenvalue weighted by Gasteiger charge is 2.16. The van der Waals surface area contributed by atoms with Gasteiger partial charge in [-0.15, -0.1) is 0 Å². The van der Waals surface area contributed by atoms with Crippen molar-refractivity contribution in [2.45, 2.75) is 72.4 Å². The van der Waals surface area contributed by atoms with E-state index in [-0.39, 0.29) is 0 Å². The molecule has 1 aromatic rings. The number of anilines is 1. The summed E-state index contributed by atoms with van der Waals surface area (Å²) in [6.45, 7) is 15.2. The number of aromatic nitrogens is 1. The highest BCUT2D eigenvalue weighted by molar-refractivity contribution is 5.83. The lowest BCUT2D eigenvalue weighted by Gasteiger charge is -2.22. The van der Waals surface area contributed by atoms with Gasteiger partial charge in [-0.25, -0.2) is 9.78 Å². The van der Waals surface area contributed by atoms with Crippen LogP contribution < -0.4 is 10.6 Å². The Kier molecular flexibility index (Phi) is 11.0. The van der Waals surface area contributed by atoms with Crippen LogP contribution in [0, 0.1) is 0 Å². The second-order valence-electron chi connectivity index (χ2n) is 7.90. The van der Waals surface area contributed by atoms with E-state index in [4.69, 9.17) is 4.74 Å². The first-order valence-electron chi connectivity index (χ1n) is 10.2. The Hall–Kier alpha value is -1.66. The number of rotatable bonds is 12. The molecule has 27 heavy (non-hydrogen) atoms. The normalized spacial score (nSPS) is 11.6. The molecule has 154 valence electrons. The Morgan fingerprint density at radius 2 is 1.78 bits per heavy atom. The molecule has 0 aliphatic rings. The zero-order chi connectivity index (χ0) is 20.1. The van der Waals surface area contributed by atoms with E-state index in [1.54, 1.807) is 12.3 Å². The number of nitrogens with one attached hydrogen (secondary N) is 2. The summed E-state index contributed by atoms with van der Waals surface area (Å²) in [6.07, 6.45) is 6.31. The van der Waals surface area contributed by atoms with Crippen molar-refractivity contribution < 1.29 is 9.53 Å². The van der Waals surface area contributed by atoms with E-state index >= 15 is 0 Å². The molecule has 0 aromatic carbocycles. The summed E-state index contributed by atoms with van der Waals surface area (Å²) >= 11 is 0. The number of carbonyl (C=O) groups is 1. The van der Waals surface area contributed by atoms with Crippen molar-refractivity contribution in [3.63, 3.8) is 0 Å². The zero-order valence-corrected chi connectivity index (χ0v) is 17.8. The molecule has 6 nitrogen and oxygen atoms in total. The predicted octanol–water partition coefficient (Wildman–Crippen LogP) is 4.42. The van der Waals surface area contributed by atoms with Crippen LogP contribution in [0.4, 0.5) is 10.6 Å². The molecule has 1 amide bonds. The van der Waals surface area contributed by atoms with E-state index in [9.17, 15) is 4.79 Å². The molecule has 0 saturated heterocycles. The molecule has 1 rings (SSSR count). The Morgan fingerprint density at radius 1 is 1.11 bits per heavy atom. The SMILES string of the molecule is CCCCN(CCCC)CCNCc1ccc(NC(=O)OC(C)(C)C)nc1. The van der Waals surface area contributed by atoms with Gasteiger partial charge in [0, 0.05) is 25.8 Å². The minimum absolute atomic E-state index is 0.486. The van der Waals surface area contributed by atoms with Crippen LogP contribution in [0.1, 0.15) is 65.9 Å². The van der Waals surface area contributed by atoms with E-state index in [2.05, 4.69) is 34.4 Å². The van der Waals surface area contributed by atoms with Crippen molar-refractivity contribution in [2.24, 2.45) is 0 Å². The van der Waals surface area contributed by atoms with Crippen LogP contribution in [-0.4, -0.2) is 47.8 Å². The maximum Gasteiger partial charge on any atom is 0.413 e. The van der Waals surface area contributed by atoms with E-state index < -0.39 is 11.7 Å². The Morgan fingerprint density at radius 3 is 2.30 bits per heavy atom. The predicted molar refractivity (Wildman–Crippen MR) is 112 cm³/mol. The molecular formula is C21H38N4O2. The van der Waals surface area contributed by atoms with Gasteiger partial charge in [0.15, 0.2) is 0 Å². The van der Waals surface area contributed by atoms with Crippen LogP contribution in [0.5, 0.6) is 0 Å². The Bertz CT molecular complexity index is 518. The lowest BCUT2D eigenvalue weighted by atomic mass is 10.2. The number of nitrogens with zero attached hydrogens (tertiary/aromatic N) is 2. The number of amides is 1. The smallest absolute Gasteiger partial charge is 0.413 e. The minimum atomic E-state index is -0.518. The molecule has 1 heterocycles. The molecule has 0 saturated carbocycles. The molecule has 6 heteroatoms. The molecule has 0 spiro atoms. The summed E-state index contributed by atoms with van der Waals surface area (Å²) in [5.41, 5.74) is 0.578. The fourth-order valence-electron chi connectivity index (χ4n) is 2.58. The first kappa shape index (κ1) is 23.4. The summed E-state index contributed by atoms with van der Waals surface area (Å²) in [5.74, 6) is 0.498. The molecule has 0 unspecified atom stereocenters. The van der Waals surface area contributed by atoms with Crippen LogP contribution in [0.15, 0.2) is 18.3 Å². The van der Waals surface area contributed by atoms with Crippen LogP contribution in [0.3, 0.4) is 0 Å². The van der Waals surface area contributed by atoms with Gasteiger partial charge in [-0.3, -0.25) is 5.32 Å². The Balaban J connectivity index is 2.33. The van der Waals surface area contributed by atoms with Gasteiger partial charge >= 0.3 is 6.09 Å². The number of hydrogen-bond donors (Lipinski definition) is 2. The molecular weight excluding hydrogens is 340 g/mol. The van der Waals surface area contributed by atoms with Gasteiger partial charge in [-0.1, -0.05) is 32.8 Å². The molecule has 0 aliphatic carbocycles. The maximum atomic E-state index is 11.7. The number of ether oxygens (including phenoxy) is 1. The van der Waals surface area contributed by atoms with Crippen molar-refractivity contribution in [1.82, 2.24) is 15.2 Å². The first-order valence-corrected chi connectivity index (χ1v) is 10.2. The lowest BCUT2D eigenvalue weighted by molar-refractivity contribution is 0.0635. The van der Waals surface area contributed by atoms with Gasteiger partial charge in [-0.2, -0.15) is 0 Å². The number of unbranched alkanes of at least 4 members (excludes halogenated alkanes) is 2. The average molecular weight is 379 g/mol. The molecule has 2 N–H and O–H groups in total. The van der Waals surface area contributed by atoms with E-state index in [1.165, 1.54) is 38.8 Å². The second kappa shape index (κ2) is 12.7. The zero-order valence-electron chi connectivity index (χ0n) is 17.8. The second-order valence-corrected chi connectivity index (χ2v) is 7.90. The quantitative estimate of drug-likeness (QED) is 0.527. The number of pyridine rings is 1. The summed E-state index contributed by atoms with van der Waals surface area (Å²) in [7, 11) is 0. The van der Waals surface area contributed by atoms with Crippen molar-refractivity contribution in [3.8, 4) is 0 Å². The van der Waals surface area contributed by atoms with Crippen LogP contribution in [-0.2, 0) is 11.3 Å². The summed E-state index contributed by atoms with van der Waals surface area (Å²) in [4.78, 5) is 18.6. The maximum absolute atomic E-state index is 11.7. The first-order chi connectivity index (χ1) is 12.8. The molecule has 0 radical (unpaired) electrons. The van der Waals surface area contributed by atoms with Gasteiger partial charge in [0.25, 0.3) is 0 Å². The van der Waals surface area contributed by atoms with Gasteiger partial charge in [0.05, 0.1) is 0 Å². The highest BCUT2D eigenvalue weighted by Crippen LogP contribution is 2.10. The molecule has 0 fully saturated rings. The van der Waals surface area contributed by atoms with Gasteiger partial charge < -0.3 is 15.0 Å². The molecule has 0 bridgehead atoms. The topological polar surface area (TPSA) is 66.5 Å². The number of carbonyl (C=O) groups excluding carboxylic acids is 1. The van der Waals surface area contributed by atoms with Gasteiger partial charge in [-0.05, 0) is 58.3 Å². The average Bonchev–Trinajstić information content (AvgIpc) is 2.60. The van der Waals surface area contributed by atoms with Crippen LogP contribution in [0.25, 0.3) is 0 Å². The third-order valence-electron chi connectivity index (χ3n) is 4.04. The Labute approximate surface area is 165 Å². The molecule has 1 aromatic heterocycles. The van der Waals surface area contributed by atoms with E-state index in [0.29, 0.717) is 5.82 Å². The molecule has 0 aliphatic heterocycles. The van der Waals surface area contributed by atoms with E-state index in [0.717, 1.165) is 25.2 Å².